The van der Waals surface area contributed by atoms with Crippen molar-refractivity contribution in [3.05, 3.63) is 82.1 Å². The van der Waals surface area contributed by atoms with Gasteiger partial charge >= 0.3 is 0 Å². The molecule has 7 heteroatoms. The molecule has 2 aromatic carbocycles. The van der Waals surface area contributed by atoms with Gasteiger partial charge in [0.1, 0.15) is 11.4 Å². The van der Waals surface area contributed by atoms with E-state index in [0.717, 1.165) is 38.5 Å². The van der Waals surface area contributed by atoms with E-state index in [1.807, 2.05) is 0 Å². The highest BCUT2D eigenvalue weighted by atomic mass is 19.1. The fourth-order valence-electron chi connectivity index (χ4n) is 4.48. The molecule has 1 fully saturated rings. The summed E-state index contributed by atoms with van der Waals surface area (Å²) in [5.41, 5.74) is 2.24. The first kappa shape index (κ1) is 20.5. The molecule has 0 aliphatic carbocycles. The number of nitrogens with zero attached hydrogens (tertiary/aromatic N) is 2. The van der Waals surface area contributed by atoms with Gasteiger partial charge in [0.2, 0.25) is 0 Å². The number of benzene rings is 2. The van der Waals surface area contributed by atoms with Crippen LogP contribution in [-0.4, -0.2) is 34.5 Å². The van der Waals surface area contributed by atoms with Crippen molar-refractivity contribution in [2.24, 2.45) is 7.05 Å². The first-order valence-electron chi connectivity index (χ1n) is 10.8. The zero-order valence-electron chi connectivity index (χ0n) is 17.8. The predicted molar refractivity (Wildman–Crippen MR) is 121 cm³/mol. The lowest BCUT2D eigenvalue weighted by Crippen LogP contribution is -2.44. The summed E-state index contributed by atoms with van der Waals surface area (Å²) in [5, 5.41) is 4.49. The van der Waals surface area contributed by atoms with Gasteiger partial charge in [-0.3, -0.25) is 14.5 Å². The van der Waals surface area contributed by atoms with E-state index >= 15 is 0 Å². The minimum Gasteiger partial charge on any atom is -0.451 e. The topological polar surface area (TPSA) is 67.5 Å². The molecule has 1 aliphatic rings. The molecule has 0 saturated carbocycles. The summed E-state index contributed by atoms with van der Waals surface area (Å²) >= 11 is 0. The van der Waals surface area contributed by atoms with Crippen LogP contribution in [0.3, 0.4) is 0 Å². The molecule has 32 heavy (non-hydrogen) atoms. The Morgan fingerprint density at radius 3 is 2.75 bits per heavy atom. The van der Waals surface area contributed by atoms with Crippen molar-refractivity contribution in [1.82, 2.24) is 14.8 Å². The molecule has 1 aliphatic heterocycles. The molecule has 164 valence electrons. The van der Waals surface area contributed by atoms with E-state index in [1.54, 1.807) is 0 Å². The summed E-state index contributed by atoms with van der Waals surface area (Å²) in [6.07, 6.45) is 3.70. The molecular formula is C25H24FN3O3. The van der Waals surface area contributed by atoms with Crippen LogP contribution in [0.1, 0.15) is 29.0 Å². The van der Waals surface area contributed by atoms with Crippen LogP contribution in [0.2, 0.25) is 0 Å². The lowest BCUT2D eigenvalue weighted by atomic mass is 10.0. The number of hydrogen-bond acceptors (Lipinski definition) is 4. The first-order chi connectivity index (χ1) is 15.5. The quantitative estimate of drug-likeness (QED) is 0.531. The Labute approximate surface area is 184 Å². The number of likely N-dealkylation sites (tertiary alicyclic amines) is 1. The van der Waals surface area contributed by atoms with Gasteiger partial charge in [-0.05, 0) is 42.7 Å². The number of amides is 1. The Morgan fingerprint density at radius 1 is 1.12 bits per heavy atom. The maximum Gasteiger partial charge on any atom is 0.287 e. The second kappa shape index (κ2) is 8.24. The second-order valence-electron chi connectivity index (χ2n) is 8.42. The molecule has 0 atom stereocenters. The van der Waals surface area contributed by atoms with Crippen molar-refractivity contribution in [2.75, 3.05) is 13.1 Å². The Bertz CT molecular complexity index is 1370. The third-order valence-corrected chi connectivity index (χ3v) is 6.25. The van der Waals surface area contributed by atoms with Crippen LogP contribution in [0, 0.1) is 5.82 Å². The number of hydrogen-bond donors (Lipinski definition) is 1. The predicted octanol–water partition coefficient (Wildman–Crippen LogP) is 3.82. The minimum atomic E-state index is -0.517. The molecule has 1 amide bonds. The fraction of sp³-hybridized carbons (Fsp3) is 0.280. The molecule has 0 bridgehead atoms. The number of piperidine rings is 1. The molecule has 0 spiro atoms. The lowest BCUT2D eigenvalue weighted by molar-refractivity contribution is 0.0881. The summed E-state index contributed by atoms with van der Waals surface area (Å²) in [6, 6.07) is 13.4. The summed E-state index contributed by atoms with van der Waals surface area (Å²) in [4.78, 5) is 27.3. The van der Waals surface area contributed by atoms with Gasteiger partial charge in [0.25, 0.3) is 5.91 Å². The van der Waals surface area contributed by atoms with Crippen LogP contribution >= 0.6 is 0 Å². The molecule has 1 N–H and O–H groups in total. The normalized spacial score (nSPS) is 15.4. The van der Waals surface area contributed by atoms with Crippen molar-refractivity contribution < 1.29 is 13.6 Å². The highest BCUT2D eigenvalue weighted by Gasteiger charge is 2.23. The van der Waals surface area contributed by atoms with Crippen LogP contribution in [0.5, 0.6) is 0 Å². The number of carbonyl (C=O) groups excluding carboxylic acids is 1. The summed E-state index contributed by atoms with van der Waals surface area (Å²) in [5.74, 6) is -1.05. The van der Waals surface area contributed by atoms with Gasteiger partial charge in [0, 0.05) is 62.0 Å². The zero-order chi connectivity index (χ0) is 22.2. The van der Waals surface area contributed by atoms with Gasteiger partial charge in [-0.2, -0.15) is 0 Å². The van der Waals surface area contributed by atoms with Gasteiger partial charge in [-0.15, -0.1) is 0 Å². The molecule has 1 saturated heterocycles. The van der Waals surface area contributed by atoms with Gasteiger partial charge in [0.15, 0.2) is 11.2 Å². The summed E-state index contributed by atoms with van der Waals surface area (Å²) in [7, 11) is 2.05. The van der Waals surface area contributed by atoms with Crippen molar-refractivity contribution in [3.63, 3.8) is 0 Å². The van der Waals surface area contributed by atoms with Gasteiger partial charge in [0.05, 0.1) is 5.39 Å². The number of fused-ring (bicyclic) bond motifs is 2. The van der Waals surface area contributed by atoms with E-state index in [-0.39, 0.29) is 28.2 Å². The SMILES string of the molecule is Cn1ccc2c(CN3CCC(NC(=O)c4cc(=O)c5ccc(F)cc5o4)CC3)cccc21. The molecule has 6 nitrogen and oxygen atoms in total. The fourth-order valence-corrected chi connectivity index (χ4v) is 4.48. The Kier molecular flexibility index (Phi) is 5.27. The number of halogens is 1. The van der Waals surface area contributed by atoms with E-state index < -0.39 is 11.7 Å². The molecule has 3 heterocycles. The highest BCUT2D eigenvalue weighted by molar-refractivity contribution is 5.93. The van der Waals surface area contributed by atoms with Crippen LogP contribution in [0.4, 0.5) is 4.39 Å². The minimum absolute atomic E-state index is 0.000207. The summed E-state index contributed by atoms with van der Waals surface area (Å²) in [6.45, 7) is 2.59. The smallest absolute Gasteiger partial charge is 0.287 e. The van der Waals surface area contributed by atoms with Gasteiger partial charge in [-0.1, -0.05) is 12.1 Å². The Balaban J connectivity index is 1.23. The molecule has 0 radical (unpaired) electrons. The van der Waals surface area contributed by atoms with Crippen molar-refractivity contribution in [3.8, 4) is 0 Å². The van der Waals surface area contributed by atoms with Crippen molar-refractivity contribution >= 4 is 27.8 Å². The standard InChI is InChI=1S/C25H24FN3O3/c1-28-10-9-19-16(3-2-4-21(19)28)15-29-11-7-18(8-12-29)27-25(31)24-14-22(30)20-6-5-17(26)13-23(20)32-24/h2-6,9-10,13-14,18H,7-8,11-12,15H2,1H3,(H,27,31). The van der Waals surface area contributed by atoms with Gasteiger partial charge < -0.3 is 14.3 Å². The second-order valence-corrected chi connectivity index (χ2v) is 8.42. The Hall–Kier alpha value is -3.45. The van der Waals surface area contributed by atoms with Crippen LogP contribution in [0.15, 0.2) is 63.9 Å². The van der Waals surface area contributed by atoms with E-state index in [2.05, 4.69) is 52.3 Å². The number of aryl methyl sites for hydroxylation is 1. The van der Waals surface area contributed by atoms with Crippen molar-refractivity contribution in [2.45, 2.75) is 25.4 Å². The first-order valence-corrected chi connectivity index (χ1v) is 10.8. The maximum atomic E-state index is 13.5. The van der Waals surface area contributed by atoms with E-state index in [4.69, 9.17) is 4.42 Å². The van der Waals surface area contributed by atoms with Crippen LogP contribution in [0.25, 0.3) is 21.9 Å². The largest absolute Gasteiger partial charge is 0.451 e. The lowest BCUT2D eigenvalue weighted by Gasteiger charge is -2.32. The van der Waals surface area contributed by atoms with E-state index in [9.17, 15) is 14.0 Å². The molecule has 4 aromatic rings. The maximum absolute atomic E-state index is 13.5. The zero-order valence-corrected chi connectivity index (χ0v) is 17.8. The molecule has 0 unspecified atom stereocenters. The van der Waals surface area contributed by atoms with E-state index in [1.165, 1.54) is 34.7 Å². The number of carbonyl (C=O) groups is 1. The average molecular weight is 433 g/mol. The summed E-state index contributed by atoms with van der Waals surface area (Å²) < 4.78 is 21.1. The highest BCUT2D eigenvalue weighted by Crippen LogP contribution is 2.23. The van der Waals surface area contributed by atoms with E-state index in [0.29, 0.717) is 0 Å². The van der Waals surface area contributed by atoms with Crippen LogP contribution < -0.4 is 10.7 Å². The third kappa shape index (κ3) is 3.91. The molecule has 5 rings (SSSR count). The third-order valence-electron chi connectivity index (χ3n) is 6.25. The van der Waals surface area contributed by atoms with Gasteiger partial charge in [-0.25, -0.2) is 4.39 Å². The molecule has 2 aromatic heterocycles. The Morgan fingerprint density at radius 2 is 1.94 bits per heavy atom. The van der Waals surface area contributed by atoms with Crippen molar-refractivity contribution in [1.29, 1.82) is 0 Å². The number of aromatic nitrogens is 1. The monoisotopic (exact) mass is 433 g/mol. The number of rotatable bonds is 4. The number of nitrogens with one attached hydrogen (secondary N) is 1. The van der Waals surface area contributed by atoms with Crippen LogP contribution in [-0.2, 0) is 13.6 Å². The average Bonchev–Trinajstić information content (AvgIpc) is 3.16. The molecular weight excluding hydrogens is 409 g/mol.